The van der Waals surface area contributed by atoms with Gasteiger partial charge < -0.3 is 20.3 Å². The Bertz CT molecular complexity index is 545. The molecule has 2 heterocycles. The molecule has 1 aliphatic heterocycles. The van der Waals surface area contributed by atoms with Crippen LogP contribution in [-0.2, 0) is 11.3 Å². The summed E-state index contributed by atoms with van der Waals surface area (Å²) in [6.45, 7) is 9.76. The predicted molar refractivity (Wildman–Crippen MR) is 121 cm³/mol. The van der Waals surface area contributed by atoms with Crippen LogP contribution in [0.5, 0.6) is 0 Å². The van der Waals surface area contributed by atoms with Crippen molar-refractivity contribution in [2.75, 3.05) is 58.9 Å². The van der Waals surface area contributed by atoms with Crippen LogP contribution in [-0.4, -0.2) is 75.9 Å². The molecule has 1 saturated heterocycles. The third-order valence-electron chi connectivity index (χ3n) is 4.35. The molecule has 26 heavy (non-hydrogen) atoms. The number of rotatable bonds is 7. The van der Waals surface area contributed by atoms with Gasteiger partial charge in [0, 0.05) is 52.2 Å². The number of ether oxygens (including phenoxy) is 1. The number of nitrogens with one attached hydrogen (secondary N) is 2. The maximum absolute atomic E-state index is 5.48. The third-order valence-corrected chi connectivity index (χ3v) is 5.40. The molecular weight excluding hydrogens is 463 g/mol. The monoisotopic (exact) mass is 496 g/mol. The van der Waals surface area contributed by atoms with Crippen LogP contribution in [0.1, 0.15) is 19.5 Å². The molecule has 1 fully saturated rings. The number of guanidine groups is 1. The number of thiazole rings is 1. The summed E-state index contributed by atoms with van der Waals surface area (Å²) in [5, 5.41) is 9.93. The van der Waals surface area contributed by atoms with E-state index in [0.29, 0.717) is 18.5 Å². The molecule has 1 atom stereocenters. The Morgan fingerprint density at radius 2 is 2.04 bits per heavy atom. The molecule has 2 rings (SSSR count). The zero-order valence-corrected chi connectivity index (χ0v) is 19.6. The van der Waals surface area contributed by atoms with Crippen LogP contribution in [0.15, 0.2) is 10.4 Å². The normalized spacial score (nSPS) is 16.9. The molecule has 2 N–H and O–H groups in total. The Hall–Kier alpha value is -0.650. The molecule has 1 aliphatic rings. The minimum Gasteiger partial charge on any atom is -0.379 e. The van der Waals surface area contributed by atoms with Crippen LogP contribution in [0, 0.1) is 5.92 Å². The molecule has 150 valence electrons. The number of aliphatic imine (C=N–C) groups is 1. The summed E-state index contributed by atoms with van der Waals surface area (Å²) in [6.07, 6.45) is 0. The highest BCUT2D eigenvalue weighted by atomic mass is 127. The topological polar surface area (TPSA) is 65.0 Å². The summed E-state index contributed by atoms with van der Waals surface area (Å²) in [7, 11) is 5.82. The minimum absolute atomic E-state index is 0. The van der Waals surface area contributed by atoms with Crippen LogP contribution in [0.25, 0.3) is 0 Å². The Kier molecular flexibility index (Phi) is 10.7. The quantitative estimate of drug-likeness (QED) is 0.342. The fourth-order valence-electron chi connectivity index (χ4n) is 2.87. The van der Waals surface area contributed by atoms with Crippen LogP contribution >= 0.6 is 35.3 Å². The van der Waals surface area contributed by atoms with Gasteiger partial charge in [0.05, 0.1) is 25.5 Å². The second kappa shape index (κ2) is 11.9. The second-order valence-corrected chi connectivity index (χ2v) is 7.62. The Morgan fingerprint density at radius 1 is 1.35 bits per heavy atom. The molecule has 0 bridgehead atoms. The van der Waals surface area contributed by atoms with Gasteiger partial charge in [0.15, 0.2) is 11.1 Å². The Labute approximate surface area is 178 Å². The average Bonchev–Trinajstić information content (AvgIpc) is 3.08. The zero-order chi connectivity index (χ0) is 18.2. The first-order valence-corrected chi connectivity index (χ1v) is 9.77. The molecule has 0 aromatic carbocycles. The van der Waals surface area contributed by atoms with Crippen molar-refractivity contribution in [3.8, 4) is 0 Å². The van der Waals surface area contributed by atoms with Gasteiger partial charge in [-0.05, 0) is 5.92 Å². The van der Waals surface area contributed by atoms with Crippen molar-refractivity contribution in [1.82, 2.24) is 20.5 Å². The first kappa shape index (κ1) is 23.4. The van der Waals surface area contributed by atoms with Crippen molar-refractivity contribution in [3.63, 3.8) is 0 Å². The Balaban J connectivity index is 0.00000338. The van der Waals surface area contributed by atoms with Gasteiger partial charge in [0.25, 0.3) is 0 Å². The van der Waals surface area contributed by atoms with Gasteiger partial charge in [-0.3, -0.25) is 9.89 Å². The van der Waals surface area contributed by atoms with E-state index in [9.17, 15) is 0 Å². The van der Waals surface area contributed by atoms with Crippen molar-refractivity contribution in [1.29, 1.82) is 0 Å². The van der Waals surface area contributed by atoms with Crippen molar-refractivity contribution >= 4 is 46.4 Å². The molecule has 9 heteroatoms. The number of nitrogens with zero attached hydrogens (tertiary/aromatic N) is 4. The van der Waals surface area contributed by atoms with Gasteiger partial charge in [-0.1, -0.05) is 13.8 Å². The van der Waals surface area contributed by atoms with E-state index in [1.807, 2.05) is 19.0 Å². The van der Waals surface area contributed by atoms with Gasteiger partial charge >= 0.3 is 0 Å². The van der Waals surface area contributed by atoms with Crippen molar-refractivity contribution < 1.29 is 4.74 Å². The fourth-order valence-corrected chi connectivity index (χ4v) is 3.63. The summed E-state index contributed by atoms with van der Waals surface area (Å²) in [6, 6.07) is 0.474. The number of halogens is 1. The molecule has 1 unspecified atom stereocenters. The number of anilines is 1. The van der Waals surface area contributed by atoms with E-state index in [1.165, 1.54) is 0 Å². The highest BCUT2D eigenvalue weighted by Crippen LogP contribution is 2.17. The van der Waals surface area contributed by atoms with E-state index in [1.54, 1.807) is 18.4 Å². The van der Waals surface area contributed by atoms with E-state index < -0.39 is 0 Å². The summed E-state index contributed by atoms with van der Waals surface area (Å²) in [5.41, 5.74) is 1.03. The maximum atomic E-state index is 5.48. The van der Waals surface area contributed by atoms with Gasteiger partial charge in [-0.2, -0.15) is 0 Å². The van der Waals surface area contributed by atoms with E-state index in [-0.39, 0.29) is 24.0 Å². The maximum Gasteiger partial charge on any atom is 0.191 e. The number of aromatic nitrogens is 1. The largest absolute Gasteiger partial charge is 0.379 e. The molecule has 1 aromatic heterocycles. The Morgan fingerprint density at radius 3 is 2.58 bits per heavy atom. The van der Waals surface area contributed by atoms with Crippen molar-refractivity contribution in [2.45, 2.75) is 26.4 Å². The molecule has 1 aromatic rings. The lowest BCUT2D eigenvalue weighted by atomic mass is 10.0. The lowest BCUT2D eigenvalue weighted by Gasteiger charge is -2.37. The van der Waals surface area contributed by atoms with Crippen LogP contribution < -0.4 is 15.5 Å². The summed E-state index contributed by atoms with van der Waals surface area (Å²) >= 11 is 1.65. The van der Waals surface area contributed by atoms with Crippen molar-refractivity contribution in [3.05, 3.63) is 11.1 Å². The smallest absolute Gasteiger partial charge is 0.191 e. The lowest BCUT2D eigenvalue weighted by Crippen LogP contribution is -2.52. The van der Waals surface area contributed by atoms with Gasteiger partial charge in [0.1, 0.15) is 0 Å². The summed E-state index contributed by atoms with van der Waals surface area (Å²) in [5.74, 6) is 1.39. The second-order valence-electron chi connectivity index (χ2n) is 6.78. The first-order chi connectivity index (χ1) is 12.0. The summed E-state index contributed by atoms with van der Waals surface area (Å²) in [4.78, 5) is 13.5. The van der Waals surface area contributed by atoms with Gasteiger partial charge in [-0.25, -0.2) is 4.98 Å². The van der Waals surface area contributed by atoms with E-state index in [2.05, 4.69) is 44.7 Å². The van der Waals surface area contributed by atoms with E-state index >= 15 is 0 Å². The van der Waals surface area contributed by atoms with Crippen LogP contribution in [0.3, 0.4) is 0 Å². The standard InChI is InChI=1S/C17H32N6OS.HI/c1-13(2)15(23-6-8-24-9-7-23)11-20-16(18-3)19-10-14-12-25-17(21-14)22(4)5;/h12-13,15H,6-11H2,1-5H3,(H2,18,19,20);1H. The average molecular weight is 496 g/mol. The molecular formula is C17H33IN6OS. The van der Waals surface area contributed by atoms with Crippen LogP contribution in [0.2, 0.25) is 0 Å². The van der Waals surface area contributed by atoms with E-state index in [4.69, 9.17) is 4.74 Å². The molecule has 0 amide bonds. The number of morpholine rings is 1. The molecule has 0 spiro atoms. The van der Waals surface area contributed by atoms with Crippen LogP contribution in [0.4, 0.5) is 5.13 Å². The fraction of sp³-hybridized carbons (Fsp3) is 0.765. The predicted octanol–water partition coefficient (Wildman–Crippen LogP) is 1.85. The number of hydrogen-bond acceptors (Lipinski definition) is 6. The molecule has 0 aliphatic carbocycles. The highest BCUT2D eigenvalue weighted by molar-refractivity contribution is 14.0. The minimum atomic E-state index is 0. The number of hydrogen-bond donors (Lipinski definition) is 2. The molecule has 0 radical (unpaired) electrons. The van der Waals surface area contributed by atoms with Gasteiger partial charge in [-0.15, -0.1) is 35.3 Å². The first-order valence-electron chi connectivity index (χ1n) is 8.89. The highest BCUT2D eigenvalue weighted by Gasteiger charge is 2.23. The zero-order valence-electron chi connectivity index (χ0n) is 16.5. The third kappa shape index (κ3) is 7.16. The lowest BCUT2D eigenvalue weighted by molar-refractivity contribution is 0.00752. The summed E-state index contributed by atoms with van der Waals surface area (Å²) < 4.78 is 5.48. The molecule has 7 nitrogen and oxygen atoms in total. The molecule has 0 saturated carbocycles. The SMILES string of the molecule is CN=C(NCc1csc(N(C)C)n1)NCC(C(C)C)N1CCOCC1.I. The van der Waals surface area contributed by atoms with Crippen molar-refractivity contribution in [2.24, 2.45) is 10.9 Å². The van der Waals surface area contributed by atoms with Gasteiger partial charge in [0.2, 0.25) is 0 Å². The van der Waals surface area contributed by atoms with E-state index in [0.717, 1.165) is 49.6 Å².